The minimum Gasteiger partial charge on any atom is -1.00 e. The Bertz CT molecular complexity index is 511. The van der Waals surface area contributed by atoms with Gasteiger partial charge < -0.3 is 2.85 Å². The van der Waals surface area contributed by atoms with E-state index in [4.69, 9.17) is 0 Å². The molecule has 0 saturated heterocycles. The van der Waals surface area contributed by atoms with Crippen molar-refractivity contribution in [3.8, 4) is 0 Å². The van der Waals surface area contributed by atoms with Crippen molar-refractivity contribution in [1.82, 2.24) is 9.97 Å². The fraction of sp³-hybridized carbons (Fsp3) is 0. The third-order valence-electron chi connectivity index (χ3n) is 2.25. The Labute approximate surface area is 106 Å². The molecule has 0 saturated carbocycles. The monoisotopic (exact) mass is 206 g/mol. The molecule has 1 aromatic heterocycles. The molecule has 1 heterocycles. The van der Waals surface area contributed by atoms with Crippen molar-refractivity contribution in [2.45, 2.75) is 0 Å². The van der Waals surface area contributed by atoms with Gasteiger partial charge in [-0.3, -0.25) is 0 Å². The summed E-state index contributed by atoms with van der Waals surface area (Å²) in [6, 6.07) is 15.8. The van der Waals surface area contributed by atoms with E-state index in [1.807, 2.05) is 48.5 Å². The summed E-state index contributed by atoms with van der Waals surface area (Å²) in [6.07, 6.45) is 0. The zero-order valence-electron chi connectivity index (χ0n) is 10.2. The summed E-state index contributed by atoms with van der Waals surface area (Å²) in [4.78, 5) is 9.03. The molecule has 0 fully saturated rings. The normalized spacial score (nSPS) is 10.1. The van der Waals surface area contributed by atoms with Gasteiger partial charge in [-0.25, -0.2) is 9.97 Å². The fourth-order valence-electron chi connectivity index (χ4n) is 1.57. The number of para-hydroxylation sites is 4. The number of hydrogen-bond donors (Lipinski definition) is 0. The number of aromatic nitrogens is 2. The Morgan fingerprint density at radius 1 is 0.600 bits per heavy atom. The van der Waals surface area contributed by atoms with Gasteiger partial charge in [0.25, 0.3) is 0 Å². The summed E-state index contributed by atoms with van der Waals surface area (Å²) in [5, 5.41) is 0. The summed E-state index contributed by atoms with van der Waals surface area (Å²) in [5.74, 6) is 0. The predicted molar refractivity (Wildman–Crippen MR) is 65.0 cm³/mol. The molecule has 3 rings (SSSR count). The molecule has 0 spiro atoms. The molecule has 0 aliphatic rings. The zero-order chi connectivity index (χ0) is 9.38. The van der Waals surface area contributed by atoms with Crippen LogP contribution in [0.15, 0.2) is 48.5 Å². The number of rotatable bonds is 0. The average Bonchev–Trinajstić information content (AvgIpc) is 2.26. The molecule has 2 aromatic carbocycles. The van der Waals surface area contributed by atoms with Gasteiger partial charge in [-0.2, -0.15) is 0 Å². The van der Waals surface area contributed by atoms with Crippen molar-refractivity contribution in [3.63, 3.8) is 0 Å². The molecule has 0 bridgehead atoms. The van der Waals surface area contributed by atoms with E-state index in [0.717, 1.165) is 22.1 Å². The van der Waals surface area contributed by atoms with Crippen LogP contribution in [0.4, 0.5) is 0 Å². The second kappa shape index (κ2) is 4.12. The number of hydrogen-bond acceptors (Lipinski definition) is 2. The standard InChI is InChI=1S/C12H8N2.Mg.2H/c1-2-6-10-9(5-1)13-11-7-3-4-8-12(11)14-10;;;/h1-8H;;;/q;+2;2*-1. The molecule has 0 unspecified atom stereocenters. The van der Waals surface area contributed by atoms with E-state index in [1.165, 1.54) is 0 Å². The van der Waals surface area contributed by atoms with Crippen molar-refractivity contribution < 1.29 is 2.85 Å². The first-order chi connectivity index (χ1) is 6.93. The maximum atomic E-state index is 4.52. The van der Waals surface area contributed by atoms with Gasteiger partial charge in [-0.15, -0.1) is 0 Å². The van der Waals surface area contributed by atoms with Crippen LogP contribution in [0.25, 0.3) is 22.1 Å². The van der Waals surface area contributed by atoms with Crippen LogP contribution in [0.1, 0.15) is 2.85 Å². The molecule has 3 aromatic rings. The van der Waals surface area contributed by atoms with Crippen molar-refractivity contribution in [2.75, 3.05) is 0 Å². The van der Waals surface area contributed by atoms with E-state index in [1.54, 1.807) is 0 Å². The maximum absolute atomic E-state index is 4.52. The Morgan fingerprint density at radius 2 is 0.867 bits per heavy atom. The molecule has 0 aliphatic heterocycles. The first-order valence-corrected chi connectivity index (χ1v) is 4.55. The van der Waals surface area contributed by atoms with E-state index in [2.05, 4.69) is 9.97 Å². The van der Waals surface area contributed by atoms with E-state index >= 15 is 0 Å². The average molecular weight is 207 g/mol. The van der Waals surface area contributed by atoms with Gasteiger partial charge in [0.15, 0.2) is 0 Å². The van der Waals surface area contributed by atoms with Crippen LogP contribution >= 0.6 is 0 Å². The molecular weight excluding hydrogens is 196 g/mol. The van der Waals surface area contributed by atoms with Gasteiger partial charge in [0.1, 0.15) is 0 Å². The fourth-order valence-corrected chi connectivity index (χ4v) is 1.57. The molecule has 0 N–H and O–H groups in total. The maximum Gasteiger partial charge on any atom is 2.00 e. The Balaban J connectivity index is 0.000000853. The summed E-state index contributed by atoms with van der Waals surface area (Å²) in [7, 11) is 0. The molecule has 0 aliphatic carbocycles. The van der Waals surface area contributed by atoms with E-state index < -0.39 is 0 Å². The third-order valence-corrected chi connectivity index (χ3v) is 2.25. The van der Waals surface area contributed by atoms with Gasteiger partial charge in [-0.1, -0.05) is 24.3 Å². The quantitative estimate of drug-likeness (QED) is 0.417. The van der Waals surface area contributed by atoms with Crippen LogP contribution in [0, 0.1) is 0 Å². The largest absolute Gasteiger partial charge is 2.00 e. The van der Waals surface area contributed by atoms with Gasteiger partial charge in [0, 0.05) is 0 Å². The second-order valence-electron chi connectivity index (χ2n) is 3.20. The number of fused-ring (bicyclic) bond motifs is 2. The molecule has 0 atom stereocenters. The number of benzene rings is 2. The molecule has 3 heteroatoms. The van der Waals surface area contributed by atoms with Gasteiger partial charge >= 0.3 is 23.1 Å². The smallest absolute Gasteiger partial charge is 1.00 e. The SMILES string of the molecule is [H-].[H-].[Mg+2].c1ccc2nc3ccccc3nc2c1. The molecule has 0 radical (unpaired) electrons. The van der Waals surface area contributed by atoms with Crippen LogP contribution in [-0.4, -0.2) is 33.0 Å². The minimum absolute atomic E-state index is 0. The van der Waals surface area contributed by atoms with E-state index in [0.29, 0.717) is 0 Å². The summed E-state index contributed by atoms with van der Waals surface area (Å²) in [6.45, 7) is 0. The zero-order valence-corrected chi connectivity index (χ0v) is 9.63. The molecule has 70 valence electrons. The van der Waals surface area contributed by atoms with Crippen LogP contribution in [0.3, 0.4) is 0 Å². The second-order valence-corrected chi connectivity index (χ2v) is 3.20. The van der Waals surface area contributed by atoms with Gasteiger partial charge in [0.05, 0.1) is 22.1 Å². The van der Waals surface area contributed by atoms with Crippen LogP contribution in [-0.2, 0) is 0 Å². The van der Waals surface area contributed by atoms with Crippen LogP contribution < -0.4 is 0 Å². The molecule has 2 nitrogen and oxygen atoms in total. The summed E-state index contributed by atoms with van der Waals surface area (Å²) < 4.78 is 0. The van der Waals surface area contributed by atoms with Crippen molar-refractivity contribution in [1.29, 1.82) is 0 Å². The summed E-state index contributed by atoms with van der Waals surface area (Å²) in [5.41, 5.74) is 3.80. The van der Waals surface area contributed by atoms with Crippen molar-refractivity contribution >= 4 is 45.1 Å². The number of nitrogens with zero attached hydrogens (tertiary/aromatic N) is 2. The van der Waals surface area contributed by atoms with Crippen molar-refractivity contribution in [2.24, 2.45) is 0 Å². The molecule has 15 heavy (non-hydrogen) atoms. The third kappa shape index (κ3) is 1.80. The van der Waals surface area contributed by atoms with E-state index in [9.17, 15) is 0 Å². The first kappa shape index (κ1) is 10.3. The van der Waals surface area contributed by atoms with E-state index in [-0.39, 0.29) is 25.9 Å². The topological polar surface area (TPSA) is 25.8 Å². The Kier molecular flexibility index (Phi) is 2.84. The summed E-state index contributed by atoms with van der Waals surface area (Å²) >= 11 is 0. The first-order valence-electron chi connectivity index (χ1n) is 4.55. The Morgan fingerprint density at radius 3 is 1.13 bits per heavy atom. The van der Waals surface area contributed by atoms with Crippen LogP contribution in [0.5, 0.6) is 0 Å². The van der Waals surface area contributed by atoms with Crippen molar-refractivity contribution in [3.05, 3.63) is 48.5 Å². The molecule has 0 amide bonds. The van der Waals surface area contributed by atoms with Crippen LogP contribution in [0.2, 0.25) is 0 Å². The van der Waals surface area contributed by atoms with Gasteiger partial charge in [0.2, 0.25) is 0 Å². The molecular formula is C12H10MgN2. The Hall–Kier alpha value is -1.19. The predicted octanol–water partition coefficient (Wildman–Crippen LogP) is 2.63. The van der Waals surface area contributed by atoms with Gasteiger partial charge in [-0.05, 0) is 24.3 Å². The minimum atomic E-state index is 0.